The van der Waals surface area contributed by atoms with Crippen LogP contribution in [-0.2, 0) is 33.9 Å². The van der Waals surface area contributed by atoms with Gasteiger partial charge in [0.15, 0.2) is 0 Å². The van der Waals surface area contributed by atoms with Crippen LogP contribution in [0.5, 0.6) is 0 Å². The van der Waals surface area contributed by atoms with E-state index in [-0.39, 0.29) is 27.1 Å². The van der Waals surface area contributed by atoms with Gasteiger partial charge in [0, 0.05) is 5.71 Å². The number of rotatable bonds is 8. The van der Waals surface area contributed by atoms with Gasteiger partial charge in [0.2, 0.25) is 0 Å². The Kier molecular flexibility index (Phi) is 10.2. The second kappa shape index (κ2) is 13.2. The molecule has 0 aromatic carbocycles. The molecule has 0 saturated carbocycles. The van der Waals surface area contributed by atoms with Crippen LogP contribution in [-0.4, -0.2) is 17.5 Å². The van der Waals surface area contributed by atoms with Gasteiger partial charge in [-0.2, -0.15) is 0 Å². The molecule has 5 heteroatoms. The molecule has 1 unspecified atom stereocenters. The summed E-state index contributed by atoms with van der Waals surface area (Å²) in [6, 6.07) is 0.148. The zero-order valence-corrected chi connectivity index (χ0v) is 28.6. The third-order valence-electron chi connectivity index (χ3n) is 9.18. The molecule has 0 amide bonds. The number of fused-ring (bicyclic) bond motifs is 6. The number of allylic oxidation sites excluding steroid dienone is 6. The van der Waals surface area contributed by atoms with Crippen molar-refractivity contribution in [3.63, 3.8) is 0 Å². The molecule has 5 heterocycles. The Morgan fingerprint density at radius 1 is 0.610 bits per heavy atom. The first-order valence-corrected chi connectivity index (χ1v) is 15.8. The maximum absolute atomic E-state index is 5.39. The third kappa shape index (κ3) is 5.42. The van der Waals surface area contributed by atoms with E-state index >= 15 is 0 Å². The number of aliphatic imine (C=N–C) groups is 2. The van der Waals surface area contributed by atoms with E-state index in [1.165, 1.54) is 50.3 Å². The fraction of sp³-hybridized carbons (Fsp3) is 0.500. The van der Waals surface area contributed by atoms with Gasteiger partial charge >= 0.3 is 21.1 Å². The molecule has 4 aliphatic rings. The van der Waals surface area contributed by atoms with Crippen molar-refractivity contribution in [2.24, 2.45) is 9.98 Å². The smallest absolute Gasteiger partial charge is 0.678 e. The minimum atomic E-state index is 0. The van der Waals surface area contributed by atoms with Crippen LogP contribution in [0.3, 0.4) is 0 Å². The van der Waals surface area contributed by atoms with Gasteiger partial charge in [-0.05, 0) is 80.1 Å². The van der Waals surface area contributed by atoms with Crippen molar-refractivity contribution in [2.75, 3.05) is 0 Å². The van der Waals surface area contributed by atoms with Crippen molar-refractivity contribution < 1.29 is 21.1 Å². The average Bonchev–Trinajstić information content (AvgIpc) is 3.67. The number of hydrogen-bond donors (Lipinski definition) is 0. The molecule has 4 aliphatic heterocycles. The van der Waals surface area contributed by atoms with Gasteiger partial charge in [0.05, 0.1) is 17.1 Å². The molecule has 0 N–H and O–H groups in total. The Bertz CT molecular complexity index is 1460. The quantitative estimate of drug-likeness (QED) is 0.263. The molecule has 0 aliphatic carbocycles. The fourth-order valence-electron chi connectivity index (χ4n) is 7.32. The predicted octanol–water partition coefficient (Wildman–Crippen LogP) is 9.75. The standard InChI is InChI=1S/C36H46N4.Pt/c1-9-21-22(10-2)30-18-32-25(13-5)26(14-6)34(39-32)20-36-28(16-8)27(15-7)35(40-36)19-33-24(12-4)23(11-3)31(38-33)17-29(21)37-30;/h17-19,34H,9-16,20H2,1-8H3;/q-2;+2/b29-17-,32-18-,35-19-;. The Morgan fingerprint density at radius 2 is 1.15 bits per heavy atom. The van der Waals surface area contributed by atoms with E-state index in [0.717, 1.165) is 92.0 Å². The summed E-state index contributed by atoms with van der Waals surface area (Å²) in [5.74, 6) is 0. The van der Waals surface area contributed by atoms with Crippen molar-refractivity contribution in [2.45, 2.75) is 119 Å². The number of aromatic nitrogens is 1. The Morgan fingerprint density at radius 3 is 1.66 bits per heavy atom. The maximum atomic E-state index is 5.39. The summed E-state index contributed by atoms with van der Waals surface area (Å²) >= 11 is 0. The molecule has 8 bridgehead atoms. The molecule has 1 atom stereocenters. The second-order valence-electron chi connectivity index (χ2n) is 11.1. The average molecular weight is 730 g/mol. The molecule has 0 saturated heterocycles. The van der Waals surface area contributed by atoms with Crippen molar-refractivity contribution >= 4 is 23.6 Å². The summed E-state index contributed by atoms with van der Waals surface area (Å²) in [4.78, 5) is 15.9. The van der Waals surface area contributed by atoms with Crippen LogP contribution >= 0.6 is 0 Å². The monoisotopic (exact) mass is 729 g/mol. The van der Waals surface area contributed by atoms with Crippen molar-refractivity contribution in [1.29, 1.82) is 0 Å². The van der Waals surface area contributed by atoms with Gasteiger partial charge in [0.25, 0.3) is 0 Å². The molecular weight excluding hydrogens is 684 g/mol. The Balaban J connectivity index is 0.00000387. The van der Waals surface area contributed by atoms with Gasteiger partial charge in [-0.1, -0.05) is 102 Å². The van der Waals surface area contributed by atoms with Crippen molar-refractivity contribution in [3.05, 3.63) is 84.4 Å². The summed E-state index contributed by atoms with van der Waals surface area (Å²) in [5.41, 5.74) is 18.8. The second-order valence-corrected chi connectivity index (χ2v) is 11.1. The topological polar surface area (TPSA) is 52.9 Å². The van der Waals surface area contributed by atoms with E-state index in [1.54, 1.807) is 0 Å². The van der Waals surface area contributed by atoms with Gasteiger partial charge in [0.1, 0.15) is 0 Å². The van der Waals surface area contributed by atoms with Crippen molar-refractivity contribution in [1.82, 2.24) is 4.98 Å². The molecule has 0 spiro atoms. The van der Waals surface area contributed by atoms with E-state index in [0.29, 0.717) is 0 Å². The largest absolute Gasteiger partial charge is 2.00 e. The number of hydrogen-bond acceptors (Lipinski definition) is 2. The molecule has 4 nitrogen and oxygen atoms in total. The van der Waals surface area contributed by atoms with Gasteiger partial charge in [-0.3, -0.25) is 4.99 Å². The van der Waals surface area contributed by atoms with E-state index in [9.17, 15) is 0 Å². The molecule has 1 aromatic heterocycles. The molecule has 41 heavy (non-hydrogen) atoms. The minimum absolute atomic E-state index is 0. The summed E-state index contributed by atoms with van der Waals surface area (Å²) in [6.07, 6.45) is 15.5. The predicted molar refractivity (Wildman–Crippen MR) is 172 cm³/mol. The summed E-state index contributed by atoms with van der Waals surface area (Å²) < 4.78 is 0. The Hall–Kier alpha value is -2.45. The maximum Gasteiger partial charge on any atom is 2.00 e. The van der Waals surface area contributed by atoms with Crippen molar-refractivity contribution in [3.8, 4) is 0 Å². The molecule has 220 valence electrons. The van der Waals surface area contributed by atoms with Gasteiger partial charge < -0.3 is 10.3 Å². The van der Waals surface area contributed by atoms with Crippen LogP contribution in [0, 0.1) is 0 Å². The number of nitrogens with zero attached hydrogens (tertiary/aromatic N) is 4. The van der Waals surface area contributed by atoms with Crippen LogP contribution in [0.2, 0.25) is 0 Å². The SMILES string of the molecule is CCC1=C(CC)/C2=C/c3[n-]c(c(CC)c3CC)/C=C3\N=C(CC4[N-]/C(=C\C1=N2)C(CC)=C4CC)C(CC)=C3CC.[Pt+2]. The van der Waals surface area contributed by atoms with E-state index in [4.69, 9.17) is 20.3 Å². The van der Waals surface area contributed by atoms with E-state index in [1.807, 2.05) is 0 Å². The summed E-state index contributed by atoms with van der Waals surface area (Å²) in [5, 5.41) is 5.39. The molecular formula is C36H46N4Pt. The first kappa shape index (κ1) is 31.5. The zero-order chi connectivity index (χ0) is 28.6. The molecule has 0 radical (unpaired) electrons. The van der Waals surface area contributed by atoms with Crippen LogP contribution in [0.25, 0.3) is 17.5 Å². The third-order valence-corrected chi connectivity index (χ3v) is 9.18. The van der Waals surface area contributed by atoms with Crippen LogP contribution < -0.4 is 4.98 Å². The fourth-order valence-corrected chi connectivity index (χ4v) is 7.32. The molecule has 0 fully saturated rings. The Labute approximate surface area is 262 Å². The molecule has 1 aromatic rings. The van der Waals surface area contributed by atoms with Crippen LogP contribution in [0.15, 0.2) is 66.6 Å². The summed E-state index contributed by atoms with van der Waals surface area (Å²) in [6.45, 7) is 18.1. The van der Waals surface area contributed by atoms with Gasteiger partial charge in [-0.25, -0.2) is 4.99 Å². The zero-order valence-electron chi connectivity index (χ0n) is 26.3. The normalized spacial score (nSPS) is 23.9. The summed E-state index contributed by atoms with van der Waals surface area (Å²) in [7, 11) is 0. The minimum Gasteiger partial charge on any atom is -0.678 e. The van der Waals surface area contributed by atoms with Crippen LogP contribution in [0.1, 0.15) is 123 Å². The molecule has 5 rings (SSSR count). The first-order valence-electron chi connectivity index (χ1n) is 15.8. The van der Waals surface area contributed by atoms with Crippen LogP contribution in [0.4, 0.5) is 0 Å². The van der Waals surface area contributed by atoms with E-state index < -0.39 is 0 Å². The van der Waals surface area contributed by atoms with Gasteiger partial charge in [-0.15, -0.1) is 17.1 Å². The van der Waals surface area contributed by atoms with E-state index in [2.05, 4.69) is 73.6 Å². The first-order chi connectivity index (χ1) is 19.5.